The minimum absolute atomic E-state index is 0.317. The summed E-state index contributed by atoms with van der Waals surface area (Å²) >= 11 is 0. The van der Waals surface area contributed by atoms with Crippen LogP contribution in [0.25, 0.3) is 0 Å². The zero-order valence-electron chi connectivity index (χ0n) is 10.8. The van der Waals surface area contributed by atoms with E-state index in [4.69, 9.17) is 4.74 Å². The van der Waals surface area contributed by atoms with Crippen LogP contribution in [0.15, 0.2) is 18.2 Å². The molecule has 0 aliphatic heterocycles. The molecule has 1 N–H and O–H groups in total. The molecule has 0 radical (unpaired) electrons. The van der Waals surface area contributed by atoms with Gasteiger partial charge in [-0.05, 0) is 44.2 Å². The molecule has 0 heterocycles. The average Bonchev–Trinajstić information content (AvgIpc) is 2.17. The fourth-order valence-electron chi connectivity index (χ4n) is 2.19. The second kappa shape index (κ2) is 5.54. The third kappa shape index (κ3) is 3.47. The molecule has 2 nitrogen and oxygen atoms in total. The van der Waals surface area contributed by atoms with E-state index in [-0.39, 0.29) is 6.10 Å². The Morgan fingerprint density at radius 1 is 1.41 bits per heavy atom. The minimum Gasteiger partial charge on any atom is -0.493 e. The second-order valence-corrected chi connectivity index (χ2v) is 5.27. The van der Waals surface area contributed by atoms with Gasteiger partial charge in [0.15, 0.2) is 0 Å². The molecule has 1 aromatic rings. The number of benzene rings is 1. The SMILES string of the molecule is Cc1ccc(OCC2CCC2)c(CC(C)O)c1. The van der Waals surface area contributed by atoms with Gasteiger partial charge in [0.25, 0.3) is 0 Å². The lowest BCUT2D eigenvalue weighted by Gasteiger charge is -2.26. The van der Waals surface area contributed by atoms with Crippen LogP contribution < -0.4 is 4.74 Å². The first-order valence-electron chi connectivity index (χ1n) is 6.55. The highest BCUT2D eigenvalue weighted by molar-refractivity contribution is 5.37. The summed E-state index contributed by atoms with van der Waals surface area (Å²) in [5, 5.41) is 9.50. The number of aryl methyl sites for hydroxylation is 1. The van der Waals surface area contributed by atoms with Crippen molar-refractivity contribution in [3.8, 4) is 5.75 Å². The third-order valence-corrected chi connectivity index (χ3v) is 3.43. The summed E-state index contributed by atoms with van der Waals surface area (Å²) in [6.07, 6.45) is 4.31. The Morgan fingerprint density at radius 3 is 2.76 bits per heavy atom. The van der Waals surface area contributed by atoms with Crippen molar-refractivity contribution in [1.29, 1.82) is 0 Å². The van der Waals surface area contributed by atoms with Gasteiger partial charge in [-0.1, -0.05) is 24.1 Å². The predicted octanol–water partition coefficient (Wildman–Crippen LogP) is 3.10. The number of ether oxygens (including phenoxy) is 1. The van der Waals surface area contributed by atoms with Gasteiger partial charge in [-0.25, -0.2) is 0 Å². The van der Waals surface area contributed by atoms with Crippen molar-refractivity contribution in [3.05, 3.63) is 29.3 Å². The Kier molecular flexibility index (Phi) is 4.06. The number of hydrogen-bond acceptors (Lipinski definition) is 2. The Hall–Kier alpha value is -1.02. The monoisotopic (exact) mass is 234 g/mol. The van der Waals surface area contributed by atoms with Crippen molar-refractivity contribution in [1.82, 2.24) is 0 Å². The van der Waals surface area contributed by atoms with Crippen molar-refractivity contribution < 1.29 is 9.84 Å². The van der Waals surface area contributed by atoms with Crippen molar-refractivity contribution in [3.63, 3.8) is 0 Å². The Bertz CT molecular complexity index is 367. The molecule has 2 heteroatoms. The van der Waals surface area contributed by atoms with E-state index in [1.54, 1.807) is 0 Å². The Morgan fingerprint density at radius 2 is 2.18 bits per heavy atom. The quantitative estimate of drug-likeness (QED) is 0.848. The molecule has 94 valence electrons. The normalized spacial score (nSPS) is 17.6. The number of aliphatic hydroxyl groups is 1. The fourth-order valence-corrected chi connectivity index (χ4v) is 2.19. The van der Waals surface area contributed by atoms with Gasteiger partial charge in [-0.15, -0.1) is 0 Å². The zero-order chi connectivity index (χ0) is 12.3. The van der Waals surface area contributed by atoms with Gasteiger partial charge < -0.3 is 9.84 Å². The van der Waals surface area contributed by atoms with Crippen molar-refractivity contribution in [2.24, 2.45) is 5.92 Å². The van der Waals surface area contributed by atoms with E-state index in [9.17, 15) is 5.11 Å². The lowest BCUT2D eigenvalue weighted by atomic mass is 9.86. The molecule has 1 aliphatic rings. The maximum atomic E-state index is 9.50. The first-order valence-corrected chi connectivity index (χ1v) is 6.55. The zero-order valence-corrected chi connectivity index (χ0v) is 10.8. The van der Waals surface area contributed by atoms with E-state index in [0.29, 0.717) is 6.42 Å². The van der Waals surface area contributed by atoms with E-state index in [1.165, 1.54) is 24.8 Å². The maximum absolute atomic E-state index is 9.50. The van der Waals surface area contributed by atoms with Gasteiger partial charge in [-0.3, -0.25) is 0 Å². The van der Waals surface area contributed by atoms with Crippen LogP contribution in [0.2, 0.25) is 0 Å². The van der Waals surface area contributed by atoms with Gasteiger partial charge >= 0.3 is 0 Å². The minimum atomic E-state index is -0.317. The molecule has 1 atom stereocenters. The second-order valence-electron chi connectivity index (χ2n) is 5.27. The molecule has 1 unspecified atom stereocenters. The first-order chi connectivity index (χ1) is 8.15. The molecule has 0 spiro atoms. The summed E-state index contributed by atoms with van der Waals surface area (Å²) < 4.78 is 5.89. The smallest absolute Gasteiger partial charge is 0.122 e. The fraction of sp³-hybridized carbons (Fsp3) is 0.600. The molecule has 1 aromatic carbocycles. The summed E-state index contributed by atoms with van der Waals surface area (Å²) in [6.45, 7) is 4.72. The molecule has 1 aliphatic carbocycles. The number of aliphatic hydroxyl groups excluding tert-OH is 1. The molecule has 0 saturated heterocycles. The van der Waals surface area contributed by atoms with Crippen LogP contribution >= 0.6 is 0 Å². The Balaban J connectivity index is 2.02. The highest BCUT2D eigenvalue weighted by atomic mass is 16.5. The standard InChI is InChI=1S/C15H22O2/c1-11-6-7-15(14(8-11)9-12(2)16)17-10-13-4-3-5-13/h6-8,12-13,16H,3-5,9-10H2,1-2H3. The largest absolute Gasteiger partial charge is 0.493 e. The molecule has 2 rings (SSSR count). The summed E-state index contributed by atoms with van der Waals surface area (Å²) in [7, 11) is 0. The number of hydrogen-bond donors (Lipinski definition) is 1. The highest BCUT2D eigenvalue weighted by Gasteiger charge is 2.18. The van der Waals surface area contributed by atoms with Crippen LogP contribution in [0.4, 0.5) is 0 Å². The molecule has 1 saturated carbocycles. The van der Waals surface area contributed by atoms with Crippen molar-refractivity contribution in [2.45, 2.75) is 45.6 Å². The molecule has 17 heavy (non-hydrogen) atoms. The summed E-state index contributed by atoms with van der Waals surface area (Å²) in [5.41, 5.74) is 2.34. The van der Waals surface area contributed by atoms with Crippen LogP contribution in [0.5, 0.6) is 5.75 Å². The van der Waals surface area contributed by atoms with Crippen LogP contribution in [0.1, 0.15) is 37.3 Å². The van der Waals surface area contributed by atoms with Crippen molar-refractivity contribution >= 4 is 0 Å². The van der Waals surface area contributed by atoms with E-state index in [2.05, 4.69) is 19.1 Å². The van der Waals surface area contributed by atoms with Gasteiger partial charge in [0, 0.05) is 6.42 Å². The average molecular weight is 234 g/mol. The molecule has 0 aromatic heterocycles. The summed E-state index contributed by atoms with van der Waals surface area (Å²) in [4.78, 5) is 0. The molecule has 0 bridgehead atoms. The lowest BCUT2D eigenvalue weighted by Crippen LogP contribution is -2.20. The van der Waals surface area contributed by atoms with Crippen LogP contribution in [-0.2, 0) is 6.42 Å². The van der Waals surface area contributed by atoms with Crippen LogP contribution in [-0.4, -0.2) is 17.8 Å². The van der Waals surface area contributed by atoms with E-state index in [1.807, 2.05) is 13.0 Å². The topological polar surface area (TPSA) is 29.5 Å². The van der Waals surface area contributed by atoms with Gasteiger partial charge in [0.2, 0.25) is 0 Å². The van der Waals surface area contributed by atoms with Gasteiger partial charge in [-0.2, -0.15) is 0 Å². The third-order valence-electron chi connectivity index (χ3n) is 3.43. The van der Waals surface area contributed by atoms with E-state index in [0.717, 1.165) is 23.8 Å². The highest BCUT2D eigenvalue weighted by Crippen LogP contribution is 2.28. The van der Waals surface area contributed by atoms with E-state index >= 15 is 0 Å². The molecular weight excluding hydrogens is 212 g/mol. The van der Waals surface area contributed by atoms with E-state index < -0.39 is 0 Å². The first kappa shape index (κ1) is 12.4. The number of rotatable bonds is 5. The molecular formula is C15H22O2. The molecule has 1 fully saturated rings. The summed E-state index contributed by atoms with van der Waals surface area (Å²) in [6, 6.07) is 6.22. The van der Waals surface area contributed by atoms with Crippen LogP contribution in [0, 0.1) is 12.8 Å². The summed E-state index contributed by atoms with van der Waals surface area (Å²) in [5.74, 6) is 1.69. The van der Waals surface area contributed by atoms with Crippen molar-refractivity contribution in [2.75, 3.05) is 6.61 Å². The Labute approximate surface area is 104 Å². The molecule has 0 amide bonds. The van der Waals surface area contributed by atoms with Crippen LogP contribution in [0.3, 0.4) is 0 Å². The predicted molar refractivity (Wildman–Crippen MR) is 69.4 cm³/mol. The van der Waals surface area contributed by atoms with Gasteiger partial charge in [0.05, 0.1) is 12.7 Å². The van der Waals surface area contributed by atoms with Gasteiger partial charge in [0.1, 0.15) is 5.75 Å². The maximum Gasteiger partial charge on any atom is 0.122 e. The lowest BCUT2D eigenvalue weighted by molar-refractivity contribution is 0.173.